The second-order valence-corrected chi connectivity index (χ2v) is 5.84. The molecule has 20 heavy (non-hydrogen) atoms. The molecular formula is C15H21BrN4. The highest BCUT2D eigenvalue weighted by Crippen LogP contribution is 2.23. The Bertz CT molecular complexity index is 551. The maximum Gasteiger partial charge on any atom is 0.0766 e. The van der Waals surface area contributed by atoms with Crippen molar-refractivity contribution in [2.24, 2.45) is 12.8 Å². The Morgan fingerprint density at radius 2 is 2.25 bits per heavy atom. The second-order valence-electron chi connectivity index (χ2n) is 5.05. The number of aryl methyl sites for hydroxylation is 3. The molecule has 0 spiro atoms. The lowest BCUT2D eigenvalue weighted by atomic mass is 10.0. The van der Waals surface area contributed by atoms with Gasteiger partial charge < -0.3 is 5.73 Å². The van der Waals surface area contributed by atoms with Gasteiger partial charge in [-0.3, -0.25) is 9.67 Å². The molecule has 4 nitrogen and oxygen atoms in total. The van der Waals surface area contributed by atoms with Crippen molar-refractivity contribution in [2.75, 3.05) is 0 Å². The molecule has 1 unspecified atom stereocenters. The molecule has 2 N–H and O–H groups in total. The van der Waals surface area contributed by atoms with E-state index in [9.17, 15) is 0 Å². The van der Waals surface area contributed by atoms with E-state index >= 15 is 0 Å². The minimum Gasteiger partial charge on any atom is -0.327 e. The molecule has 2 aromatic heterocycles. The minimum atomic E-state index is 0.131. The summed E-state index contributed by atoms with van der Waals surface area (Å²) in [5.41, 5.74) is 9.78. The Hall–Kier alpha value is -1.20. The lowest BCUT2D eigenvalue weighted by molar-refractivity contribution is 0.576. The molecule has 0 aliphatic rings. The molecule has 108 valence electrons. The molecule has 0 fully saturated rings. The Morgan fingerprint density at radius 3 is 2.85 bits per heavy atom. The molecule has 2 rings (SSSR count). The second kappa shape index (κ2) is 6.99. The van der Waals surface area contributed by atoms with Crippen LogP contribution in [0.3, 0.4) is 0 Å². The minimum absolute atomic E-state index is 0.131. The number of hydrogen-bond donors (Lipinski definition) is 1. The van der Waals surface area contributed by atoms with Crippen LogP contribution in [0.1, 0.15) is 30.3 Å². The van der Waals surface area contributed by atoms with Gasteiger partial charge in [0.05, 0.1) is 15.9 Å². The zero-order chi connectivity index (χ0) is 14.5. The molecule has 2 heterocycles. The summed E-state index contributed by atoms with van der Waals surface area (Å²) in [7, 11) is 1.98. The number of halogens is 1. The van der Waals surface area contributed by atoms with Gasteiger partial charge in [0.2, 0.25) is 0 Å². The zero-order valence-corrected chi connectivity index (χ0v) is 13.6. The van der Waals surface area contributed by atoms with Crippen molar-refractivity contribution in [3.05, 3.63) is 46.0 Å². The van der Waals surface area contributed by atoms with Crippen LogP contribution in [0.5, 0.6) is 0 Å². The highest BCUT2D eigenvalue weighted by Gasteiger charge is 2.15. The maximum absolute atomic E-state index is 6.26. The number of pyridine rings is 1. The molecule has 5 heteroatoms. The van der Waals surface area contributed by atoms with Crippen molar-refractivity contribution in [1.82, 2.24) is 14.8 Å². The summed E-state index contributed by atoms with van der Waals surface area (Å²) >= 11 is 3.64. The van der Waals surface area contributed by atoms with E-state index in [1.54, 1.807) is 6.20 Å². The average Bonchev–Trinajstić information content (AvgIpc) is 2.73. The van der Waals surface area contributed by atoms with Crippen molar-refractivity contribution >= 4 is 15.9 Å². The summed E-state index contributed by atoms with van der Waals surface area (Å²) in [6.45, 7) is 2.11. The SMILES string of the molecule is CCc1nn(C)c(CC(N)CCc2cccnc2)c1Br. The van der Waals surface area contributed by atoms with Crippen molar-refractivity contribution < 1.29 is 0 Å². The number of aromatic nitrogens is 3. The predicted octanol–water partition coefficient (Wildman–Crippen LogP) is 2.64. The standard InChI is InChI=1S/C15H21BrN4/c1-3-13-15(16)14(20(2)19-13)9-12(17)7-6-11-5-4-8-18-10-11/h4-5,8,10,12H,3,6-7,9,17H2,1-2H3. The third-order valence-corrected chi connectivity index (χ3v) is 4.40. The smallest absolute Gasteiger partial charge is 0.0766 e. The first-order valence-electron chi connectivity index (χ1n) is 6.96. The lowest BCUT2D eigenvalue weighted by Gasteiger charge is -2.12. The van der Waals surface area contributed by atoms with Crippen LogP contribution >= 0.6 is 15.9 Å². The van der Waals surface area contributed by atoms with Gasteiger partial charge in [0.15, 0.2) is 0 Å². The first-order valence-corrected chi connectivity index (χ1v) is 7.75. The van der Waals surface area contributed by atoms with Crippen LogP contribution in [0, 0.1) is 0 Å². The molecule has 0 aromatic carbocycles. The Morgan fingerprint density at radius 1 is 1.45 bits per heavy atom. The third kappa shape index (κ3) is 3.67. The fraction of sp³-hybridized carbons (Fsp3) is 0.467. The molecular weight excluding hydrogens is 316 g/mol. The normalized spacial score (nSPS) is 12.6. The number of nitrogens with zero attached hydrogens (tertiary/aromatic N) is 3. The Balaban J connectivity index is 1.95. The van der Waals surface area contributed by atoms with Gasteiger partial charge >= 0.3 is 0 Å². The summed E-state index contributed by atoms with van der Waals surface area (Å²) in [5.74, 6) is 0. The van der Waals surface area contributed by atoms with Gasteiger partial charge in [-0.2, -0.15) is 5.10 Å². The van der Waals surface area contributed by atoms with E-state index in [-0.39, 0.29) is 6.04 Å². The van der Waals surface area contributed by atoms with E-state index in [1.807, 2.05) is 24.0 Å². The summed E-state index contributed by atoms with van der Waals surface area (Å²) in [4.78, 5) is 4.13. The fourth-order valence-corrected chi connectivity index (χ4v) is 3.07. The van der Waals surface area contributed by atoms with E-state index < -0.39 is 0 Å². The summed E-state index contributed by atoms with van der Waals surface area (Å²) in [5, 5.41) is 4.50. The van der Waals surface area contributed by atoms with Gasteiger partial charge in [0.25, 0.3) is 0 Å². The molecule has 0 bridgehead atoms. The third-order valence-electron chi connectivity index (χ3n) is 3.49. The number of hydrogen-bond acceptors (Lipinski definition) is 3. The van der Waals surface area contributed by atoms with Gasteiger partial charge in [-0.05, 0) is 46.8 Å². The number of rotatable bonds is 6. The van der Waals surface area contributed by atoms with Gasteiger partial charge in [-0.15, -0.1) is 0 Å². The van der Waals surface area contributed by atoms with E-state index in [0.717, 1.165) is 35.8 Å². The van der Waals surface area contributed by atoms with E-state index in [0.29, 0.717) is 0 Å². The highest BCUT2D eigenvalue weighted by atomic mass is 79.9. The molecule has 1 atom stereocenters. The lowest BCUT2D eigenvalue weighted by Crippen LogP contribution is -2.25. The molecule has 0 saturated carbocycles. The first kappa shape index (κ1) is 15.2. The Kier molecular flexibility index (Phi) is 5.31. The van der Waals surface area contributed by atoms with Gasteiger partial charge in [-0.1, -0.05) is 13.0 Å². The maximum atomic E-state index is 6.26. The first-order chi connectivity index (χ1) is 9.61. The zero-order valence-electron chi connectivity index (χ0n) is 12.0. The van der Waals surface area contributed by atoms with Crippen molar-refractivity contribution in [2.45, 2.75) is 38.6 Å². The largest absolute Gasteiger partial charge is 0.327 e. The average molecular weight is 337 g/mol. The monoisotopic (exact) mass is 336 g/mol. The van der Waals surface area contributed by atoms with Gasteiger partial charge in [0, 0.05) is 31.9 Å². The molecule has 0 aliphatic heterocycles. The Labute approximate surface area is 128 Å². The fourth-order valence-electron chi connectivity index (χ4n) is 2.29. The summed E-state index contributed by atoms with van der Waals surface area (Å²) in [6, 6.07) is 4.19. The van der Waals surface area contributed by atoms with Gasteiger partial charge in [-0.25, -0.2) is 0 Å². The summed E-state index contributed by atoms with van der Waals surface area (Å²) in [6.07, 6.45) is 7.38. The van der Waals surface area contributed by atoms with Crippen LogP contribution in [0.25, 0.3) is 0 Å². The van der Waals surface area contributed by atoms with Crippen LogP contribution in [0.15, 0.2) is 29.0 Å². The van der Waals surface area contributed by atoms with Crippen LogP contribution in [0.2, 0.25) is 0 Å². The van der Waals surface area contributed by atoms with Crippen LogP contribution in [-0.2, 0) is 26.3 Å². The van der Waals surface area contributed by atoms with Crippen molar-refractivity contribution in [1.29, 1.82) is 0 Å². The van der Waals surface area contributed by atoms with Crippen LogP contribution in [-0.4, -0.2) is 20.8 Å². The van der Waals surface area contributed by atoms with E-state index in [2.05, 4.69) is 39.0 Å². The van der Waals surface area contributed by atoms with Gasteiger partial charge in [0.1, 0.15) is 0 Å². The topological polar surface area (TPSA) is 56.7 Å². The molecule has 2 aromatic rings. The van der Waals surface area contributed by atoms with Crippen LogP contribution < -0.4 is 5.73 Å². The van der Waals surface area contributed by atoms with E-state index in [1.165, 1.54) is 11.3 Å². The quantitative estimate of drug-likeness (QED) is 0.882. The molecule has 0 amide bonds. The number of nitrogens with two attached hydrogens (primary N) is 1. The van der Waals surface area contributed by atoms with E-state index in [4.69, 9.17) is 5.73 Å². The predicted molar refractivity (Wildman–Crippen MR) is 84.5 cm³/mol. The molecule has 0 saturated heterocycles. The van der Waals surface area contributed by atoms with Crippen molar-refractivity contribution in [3.63, 3.8) is 0 Å². The molecule has 0 radical (unpaired) electrons. The van der Waals surface area contributed by atoms with Crippen molar-refractivity contribution in [3.8, 4) is 0 Å². The van der Waals surface area contributed by atoms with Crippen LogP contribution in [0.4, 0.5) is 0 Å². The highest BCUT2D eigenvalue weighted by molar-refractivity contribution is 9.10. The summed E-state index contributed by atoms with van der Waals surface area (Å²) < 4.78 is 3.05. The molecule has 0 aliphatic carbocycles.